The summed E-state index contributed by atoms with van der Waals surface area (Å²) < 4.78 is 12.8. The van der Waals surface area contributed by atoms with Crippen LogP contribution in [-0.2, 0) is 6.42 Å². The van der Waals surface area contributed by atoms with Gasteiger partial charge in [0.25, 0.3) is 5.91 Å². The quantitative estimate of drug-likeness (QED) is 0.612. The first-order valence-corrected chi connectivity index (χ1v) is 3.98. The van der Waals surface area contributed by atoms with Crippen LogP contribution in [0.5, 0.6) is 5.75 Å². The zero-order valence-electron chi connectivity index (χ0n) is 6.83. The minimum absolute atomic E-state index is 0.0117. The van der Waals surface area contributed by atoms with E-state index in [0.717, 1.165) is 5.56 Å². The molecule has 1 aliphatic rings. The molecule has 0 atom stereocenters. The molecular formula is C9H8FNO2. The highest BCUT2D eigenvalue weighted by atomic mass is 19.2. The van der Waals surface area contributed by atoms with E-state index in [1.165, 1.54) is 12.1 Å². The van der Waals surface area contributed by atoms with Crippen molar-refractivity contribution >= 4 is 5.91 Å². The van der Waals surface area contributed by atoms with E-state index < -0.39 is 5.91 Å². The molecule has 1 amide bonds. The van der Waals surface area contributed by atoms with Crippen LogP contribution < -0.4 is 0 Å². The van der Waals surface area contributed by atoms with Gasteiger partial charge in [-0.25, -0.2) is 0 Å². The van der Waals surface area contributed by atoms with Crippen LogP contribution >= 0.6 is 0 Å². The van der Waals surface area contributed by atoms with E-state index in [1.54, 1.807) is 6.07 Å². The van der Waals surface area contributed by atoms with Gasteiger partial charge in [-0.05, 0) is 24.1 Å². The van der Waals surface area contributed by atoms with E-state index in [-0.39, 0.29) is 23.0 Å². The molecule has 0 spiro atoms. The highest BCUT2D eigenvalue weighted by Gasteiger charge is 2.24. The Morgan fingerprint density at radius 3 is 3.00 bits per heavy atom. The summed E-state index contributed by atoms with van der Waals surface area (Å²) in [6.45, 7) is 0.0939. The summed E-state index contributed by atoms with van der Waals surface area (Å²) in [7, 11) is 0. The molecule has 0 unspecified atom stereocenters. The predicted octanol–water partition coefficient (Wildman–Crippen LogP) is 1.28. The van der Waals surface area contributed by atoms with E-state index in [1.807, 2.05) is 0 Å². The topological polar surface area (TPSA) is 40.5 Å². The Morgan fingerprint density at radius 2 is 2.23 bits per heavy atom. The second-order valence-corrected chi connectivity index (χ2v) is 2.98. The summed E-state index contributed by atoms with van der Waals surface area (Å²) in [5.74, 6) is -0.681. The molecule has 1 aromatic rings. The number of aromatic hydroxyl groups is 1. The average Bonchev–Trinajstić information content (AvgIpc) is 2.12. The molecule has 0 aliphatic carbocycles. The van der Waals surface area contributed by atoms with Gasteiger partial charge in [0.1, 0.15) is 5.75 Å². The van der Waals surface area contributed by atoms with E-state index in [9.17, 15) is 9.28 Å². The van der Waals surface area contributed by atoms with Crippen molar-refractivity contribution in [3.8, 4) is 5.75 Å². The molecule has 68 valence electrons. The number of carbonyl (C=O) groups is 1. The summed E-state index contributed by atoms with van der Waals surface area (Å²) in [5.41, 5.74) is 1.05. The normalized spacial score (nSPS) is 15.8. The van der Waals surface area contributed by atoms with Crippen molar-refractivity contribution in [3.63, 3.8) is 0 Å². The largest absolute Gasteiger partial charge is 0.508 e. The molecule has 1 aliphatic heterocycles. The number of hydrogen-bond acceptors (Lipinski definition) is 2. The first-order chi connectivity index (χ1) is 6.18. The predicted molar refractivity (Wildman–Crippen MR) is 44.0 cm³/mol. The molecule has 0 radical (unpaired) electrons. The highest BCUT2D eigenvalue weighted by molar-refractivity contribution is 5.96. The van der Waals surface area contributed by atoms with Gasteiger partial charge >= 0.3 is 0 Å². The second kappa shape index (κ2) is 2.73. The third kappa shape index (κ3) is 1.24. The number of rotatable bonds is 0. The Balaban J connectivity index is 2.51. The molecule has 0 fully saturated rings. The number of carbonyl (C=O) groups excluding carboxylic acids is 1. The van der Waals surface area contributed by atoms with Crippen molar-refractivity contribution in [1.82, 2.24) is 5.12 Å². The fourth-order valence-corrected chi connectivity index (χ4v) is 1.43. The molecule has 1 aromatic carbocycles. The molecule has 4 heteroatoms. The lowest BCUT2D eigenvalue weighted by Gasteiger charge is -2.20. The van der Waals surface area contributed by atoms with Crippen LogP contribution in [-0.4, -0.2) is 22.7 Å². The van der Waals surface area contributed by atoms with Crippen molar-refractivity contribution in [3.05, 3.63) is 29.3 Å². The van der Waals surface area contributed by atoms with E-state index in [4.69, 9.17) is 5.11 Å². The van der Waals surface area contributed by atoms with Crippen molar-refractivity contribution in [2.45, 2.75) is 6.42 Å². The zero-order valence-corrected chi connectivity index (χ0v) is 6.83. The first-order valence-electron chi connectivity index (χ1n) is 3.98. The van der Waals surface area contributed by atoms with Crippen LogP contribution in [0.4, 0.5) is 4.48 Å². The molecule has 13 heavy (non-hydrogen) atoms. The Morgan fingerprint density at radius 1 is 1.46 bits per heavy atom. The Bertz CT molecular complexity index is 365. The van der Waals surface area contributed by atoms with Gasteiger partial charge in [0.05, 0.1) is 6.54 Å². The molecule has 0 bridgehead atoms. The van der Waals surface area contributed by atoms with Crippen molar-refractivity contribution in [1.29, 1.82) is 0 Å². The van der Waals surface area contributed by atoms with Gasteiger partial charge in [0.15, 0.2) is 0 Å². The molecule has 0 aromatic heterocycles. The number of benzene rings is 1. The lowest BCUT2D eigenvalue weighted by atomic mass is 10.0. The lowest BCUT2D eigenvalue weighted by Crippen LogP contribution is -2.30. The van der Waals surface area contributed by atoms with Crippen LogP contribution in [0, 0.1) is 0 Å². The maximum absolute atomic E-state index is 12.8. The van der Waals surface area contributed by atoms with Crippen LogP contribution in [0.2, 0.25) is 0 Å². The van der Waals surface area contributed by atoms with Gasteiger partial charge in [-0.1, -0.05) is 10.5 Å². The second-order valence-electron chi connectivity index (χ2n) is 2.98. The fraction of sp³-hybridized carbons (Fsp3) is 0.222. The number of phenols is 1. The molecule has 0 saturated heterocycles. The van der Waals surface area contributed by atoms with Gasteiger partial charge in [-0.15, -0.1) is 0 Å². The molecule has 2 rings (SSSR count). The number of phenolic OH excluding ortho intramolecular Hbond substituents is 1. The summed E-state index contributed by atoms with van der Waals surface area (Å²) in [6, 6.07) is 4.44. The summed E-state index contributed by atoms with van der Waals surface area (Å²) in [5, 5.41) is 9.27. The van der Waals surface area contributed by atoms with Crippen LogP contribution in [0.15, 0.2) is 18.2 Å². The van der Waals surface area contributed by atoms with Crippen LogP contribution in [0.1, 0.15) is 15.9 Å². The molecule has 0 saturated carbocycles. The minimum Gasteiger partial charge on any atom is -0.508 e. The Kier molecular flexibility index (Phi) is 1.69. The smallest absolute Gasteiger partial charge is 0.281 e. The number of amides is 1. The van der Waals surface area contributed by atoms with Gasteiger partial charge in [-0.3, -0.25) is 4.79 Å². The number of halogens is 1. The standard InChI is InChI=1S/C9H8FNO2/c10-11-4-3-6-1-2-7(12)5-8(6)9(11)13/h1-2,5,12H,3-4H2. The number of hydrogen-bond donors (Lipinski definition) is 1. The number of nitrogens with zero attached hydrogens (tertiary/aromatic N) is 1. The van der Waals surface area contributed by atoms with Crippen LogP contribution in [0.25, 0.3) is 0 Å². The summed E-state index contributed by atoms with van der Waals surface area (Å²) in [6.07, 6.45) is 0.498. The van der Waals surface area contributed by atoms with E-state index in [2.05, 4.69) is 0 Å². The zero-order chi connectivity index (χ0) is 9.42. The maximum atomic E-state index is 12.8. The Labute approximate surface area is 74.3 Å². The third-order valence-corrected chi connectivity index (χ3v) is 2.12. The fourth-order valence-electron chi connectivity index (χ4n) is 1.43. The van der Waals surface area contributed by atoms with Crippen molar-refractivity contribution in [2.24, 2.45) is 0 Å². The Hall–Kier alpha value is -1.58. The monoisotopic (exact) mass is 181 g/mol. The van der Waals surface area contributed by atoms with Gasteiger partial charge in [0.2, 0.25) is 0 Å². The van der Waals surface area contributed by atoms with Gasteiger partial charge in [-0.2, -0.15) is 5.12 Å². The van der Waals surface area contributed by atoms with Crippen LogP contribution in [0.3, 0.4) is 0 Å². The van der Waals surface area contributed by atoms with E-state index in [0.29, 0.717) is 6.42 Å². The van der Waals surface area contributed by atoms with Gasteiger partial charge in [0, 0.05) is 5.56 Å². The SMILES string of the molecule is O=C1c2cc(O)ccc2CCN1F. The third-order valence-electron chi connectivity index (χ3n) is 2.12. The molecular weight excluding hydrogens is 173 g/mol. The molecule has 1 heterocycles. The maximum Gasteiger partial charge on any atom is 0.281 e. The summed E-state index contributed by atoms with van der Waals surface area (Å²) in [4.78, 5) is 11.2. The van der Waals surface area contributed by atoms with Crippen molar-refractivity contribution < 1.29 is 14.4 Å². The van der Waals surface area contributed by atoms with Crippen molar-refractivity contribution in [2.75, 3.05) is 6.54 Å². The summed E-state index contributed by atoms with van der Waals surface area (Å²) >= 11 is 0. The molecule has 1 N–H and O–H groups in total. The first kappa shape index (κ1) is 8.04. The number of fused-ring (bicyclic) bond motifs is 1. The lowest BCUT2D eigenvalue weighted by molar-refractivity contribution is 0.0170. The average molecular weight is 181 g/mol. The van der Waals surface area contributed by atoms with E-state index >= 15 is 0 Å². The van der Waals surface area contributed by atoms with Gasteiger partial charge < -0.3 is 5.11 Å². The molecule has 3 nitrogen and oxygen atoms in total. The minimum atomic E-state index is -0.669. The highest BCUT2D eigenvalue weighted by Crippen LogP contribution is 2.22.